The van der Waals surface area contributed by atoms with Crippen LogP contribution in [0.1, 0.15) is 5.56 Å². The number of benzene rings is 1. The molecule has 22 heavy (non-hydrogen) atoms. The molecule has 0 atom stereocenters. The Labute approximate surface area is 133 Å². The Kier molecular flexibility index (Phi) is 5.24. The Hall–Kier alpha value is -2.25. The van der Waals surface area contributed by atoms with Gasteiger partial charge in [0.2, 0.25) is 0 Å². The van der Waals surface area contributed by atoms with E-state index in [4.69, 9.17) is 22.8 Å². The van der Waals surface area contributed by atoms with Crippen molar-refractivity contribution in [2.75, 3.05) is 13.2 Å². The van der Waals surface area contributed by atoms with Gasteiger partial charge in [-0.15, -0.1) is 6.42 Å². The quantitative estimate of drug-likeness (QED) is 0.751. The van der Waals surface area contributed by atoms with Crippen LogP contribution in [0, 0.1) is 12.3 Å². The fourth-order valence-electron chi connectivity index (χ4n) is 2.06. The minimum absolute atomic E-state index is 0.175. The van der Waals surface area contributed by atoms with Gasteiger partial charge in [-0.25, -0.2) is 8.78 Å². The fourth-order valence-corrected chi connectivity index (χ4v) is 2.22. The SMILES string of the molecule is C#CCOc1ccc(C2=CC=C(Cl)C(=C)N2CC(F)F)cc1. The third-order valence-electron chi connectivity index (χ3n) is 3.07. The Morgan fingerprint density at radius 1 is 1.27 bits per heavy atom. The molecule has 1 aliphatic heterocycles. The van der Waals surface area contributed by atoms with E-state index in [-0.39, 0.29) is 6.61 Å². The second-order valence-corrected chi connectivity index (χ2v) is 4.94. The van der Waals surface area contributed by atoms with E-state index in [2.05, 4.69) is 12.5 Å². The summed E-state index contributed by atoms with van der Waals surface area (Å²) in [4.78, 5) is 1.41. The third kappa shape index (κ3) is 3.69. The van der Waals surface area contributed by atoms with Gasteiger partial charge in [0, 0.05) is 5.70 Å². The topological polar surface area (TPSA) is 12.5 Å². The molecular formula is C17H14ClF2NO. The molecule has 0 fully saturated rings. The zero-order valence-corrected chi connectivity index (χ0v) is 12.5. The van der Waals surface area contributed by atoms with Crippen molar-refractivity contribution < 1.29 is 13.5 Å². The van der Waals surface area contributed by atoms with Gasteiger partial charge in [-0.3, -0.25) is 0 Å². The molecule has 1 heterocycles. The van der Waals surface area contributed by atoms with E-state index in [1.54, 1.807) is 36.4 Å². The van der Waals surface area contributed by atoms with Gasteiger partial charge in [0.1, 0.15) is 12.4 Å². The van der Waals surface area contributed by atoms with Gasteiger partial charge >= 0.3 is 0 Å². The lowest BCUT2D eigenvalue weighted by molar-refractivity contribution is 0.123. The first-order valence-electron chi connectivity index (χ1n) is 6.52. The molecule has 1 aromatic rings. The summed E-state index contributed by atoms with van der Waals surface area (Å²) in [6, 6.07) is 7.01. The normalized spacial score (nSPS) is 14.5. The van der Waals surface area contributed by atoms with Crippen molar-refractivity contribution in [2.45, 2.75) is 6.43 Å². The van der Waals surface area contributed by atoms with Crippen molar-refractivity contribution in [1.29, 1.82) is 0 Å². The molecule has 0 aliphatic carbocycles. The number of rotatable bonds is 5. The van der Waals surface area contributed by atoms with Crippen LogP contribution in [0.4, 0.5) is 8.78 Å². The molecule has 0 aromatic heterocycles. The first-order valence-corrected chi connectivity index (χ1v) is 6.90. The van der Waals surface area contributed by atoms with E-state index >= 15 is 0 Å². The van der Waals surface area contributed by atoms with Gasteiger partial charge in [0.05, 0.1) is 17.3 Å². The number of ether oxygens (including phenoxy) is 1. The molecule has 1 aliphatic rings. The smallest absolute Gasteiger partial charge is 0.256 e. The number of hydrogen-bond acceptors (Lipinski definition) is 2. The van der Waals surface area contributed by atoms with Gasteiger partial charge in [0.25, 0.3) is 6.43 Å². The standard InChI is InChI=1S/C17H14ClF2NO/c1-3-10-22-14-6-4-13(5-7-14)16-9-8-15(18)12(2)21(16)11-17(19)20/h1,4-9,17H,2,10-11H2. The molecule has 114 valence electrons. The summed E-state index contributed by atoms with van der Waals surface area (Å²) in [6.07, 6.45) is 5.96. The van der Waals surface area contributed by atoms with Gasteiger partial charge in [-0.05, 0) is 42.0 Å². The highest BCUT2D eigenvalue weighted by atomic mass is 35.5. The highest BCUT2D eigenvalue weighted by molar-refractivity contribution is 6.32. The van der Waals surface area contributed by atoms with Crippen molar-refractivity contribution in [3.05, 3.63) is 59.3 Å². The maximum Gasteiger partial charge on any atom is 0.256 e. The first kappa shape index (κ1) is 16.1. The Morgan fingerprint density at radius 3 is 2.55 bits per heavy atom. The fraction of sp³-hybridized carbons (Fsp3) is 0.176. The lowest BCUT2D eigenvalue weighted by atomic mass is 10.1. The van der Waals surface area contributed by atoms with Crippen molar-refractivity contribution in [3.8, 4) is 18.1 Å². The zero-order chi connectivity index (χ0) is 16.1. The minimum atomic E-state index is -2.50. The predicted molar refractivity (Wildman–Crippen MR) is 84.5 cm³/mol. The summed E-state index contributed by atoms with van der Waals surface area (Å²) in [5.41, 5.74) is 1.72. The number of nitrogens with zero attached hydrogens (tertiary/aromatic N) is 1. The number of halogens is 3. The molecule has 0 unspecified atom stereocenters. The lowest BCUT2D eigenvalue weighted by Crippen LogP contribution is -2.28. The van der Waals surface area contributed by atoms with E-state index in [1.807, 2.05) is 0 Å². The Balaban J connectivity index is 2.28. The molecule has 0 radical (unpaired) electrons. The van der Waals surface area contributed by atoms with Crippen LogP contribution in [0.2, 0.25) is 0 Å². The van der Waals surface area contributed by atoms with Gasteiger partial charge in [-0.1, -0.05) is 24.1 Å². The Bertz CT molecular complexity index is 656. The molecule has 0 amide bonds. The van der Waals surface area contributed by atoms with Crippen LogP contribution in [0.3, 0.4) is 0 Å². The first-order chi connectivity index (χ1) is 10.5. The van der Waals surface area contributed by atoms with E-state index in [9.17, 15) is 8.78 Å². The molecule has 0 spiro atoms. The van der Waals surface area contributed by atoms with Crippen LogP contribution >= 0.6 is 11.6 Å². The molecule has 5 heteroatoms. The van der Waals surface area contributed by atoms with Crippen molar-refractivity contribution in [2.24, 2.45) is 0 Å². The molecular weight excluding hydrogens is 308 g/mol. The Morgan fingerprint density at radius 2 is 1.95 bits per heavy atom. The van der Waals surface area contributed by atoms with Gasteiger partial charge in [-0.2, -0.15) is 0 Å². The van der Waals surface area contributed by atoms with Crippen LogP contribution in [0.25, 0.3) is 5.70 Å². The molecule has 2 rings (SSSR count). The van der Waals surface area contributed by atoms with Crippen molar-refractivity contribution in [3.63, 3.8) is 0 Å². The molecule has 2 nitrogen and oxygen atoms in total. The second-order valence-electron chi connectivity index (χ2n) is 4.53. The van der Waals surface area contributed by atoms with Crippen LogP contribution in [-0.4, -0.2) is 24.5 Å². The monoisotopic (exact) mass is 321 g/mol. The summed E-state index contributed by atoms with van der Waals surface area (Å²) < 4.78 is 30.9. The summed E-state index contributed by atoms with van der Waals surface area (Å²) >= 11 is 5.97. The van der Waals surface area contributed by atoms with E-state index in [0.717, 1.165) is 5.56 Å². The molecule has 0 saturated heterocycles. The highest BCUT2D eigenvalue weighted by Crippen LogP contribution is 2.33. The number of alkyl halides is 2. The average Bonchev–Trinajstić information content (AvgIpc) is 2.50. The predicted octanol–water partition coefficient (Wildman–Crippen LogP) is 4.26. The van der Waals surface area contributed by atoms with Crippen LogP contribution in [-0.2, 0) is 0 Å². The third-order valence-corrected chi connectivity index (χ3v) is 3.42. The number of terminal acetylenes is 1. The van der Waals surface area contributed by atoms with Crippen LogP contribution in [0.5, 0.6) is 5.75 Å². The number of hydrogen-bond donors (Lipinski definition) is 0. The van der Waals surface area contributed by atoms with Crippen LogP contribution < -0.4 is 4.74 Å². The molecule has 0 N–H and O–H groups in total. The molecule has 1 aromatic carbocycles. The summed E-state index contributed by atoms with van der Waals surface area (Å²) in [5.74, 6) is 2.99. The minimum Gasteiger partial charge on any atom is -0.481 e. The zero-order valence-electron chi connectivity index (χ0n) is 11.7. The summed E-state index contributed by atoms with van der Waals surface area (Å²) in [6.45, 7) is 3.48. The largest absolute Gasteiger partial charge is 0.481 e. The van der Waals surface area contributed by atoms with E-state index in [1.165, 1.54) is 4.90 Å². The van der Waals surface area contributed by atoms with E-state index in [0.29, 0.717) is 22.2 Å². The molecule has 0 saturated carbocycles. The maximum atomic E-state index is 12.8. The summed E-state index contributed by atoms with van der Waals surface area (Å²) in [7, 11) is 0. The van der Waals surface area contributed by atoms with Crippen molar-refractivity contribution in [1.82, 2.24) is 4.90 Å². The second kappa shape index (κ2) is 7.15. The van der Waals surface area contributed by atoms with Crippen LogP contribution in [0.15, 0.2) is 53.7 Å². The summed E-state index contributed by atoms with van der Waals surface area (Å²) in [5, 5.41) is 0.346. The van der Waals surface area contributed by atoms with E-state index < -0.39 is 13.0 Å². The highest BCUT2D eigenvalue weighted by Gasteiger charge is 2.23. The number of allylic oxidation sites excluding steroid dienone is 3. The van der Waals surface area contributed by atoms with Gasteiger partial charge in [0.15, 0.2) is 0 Å². The molecule has 0 bridgehead atoms. The van der Waals surface area contributed by atoms with Crippen molar-refractivity contribution >= 4 is 17.3 Å². The van der Waals surface area contributed by atoms with Gasteiger partial charge < -0.3 is 9.64 Å². The maximum absolute atomic E-state index is 12.8. The average molecular weight is 322 g/mol. The lowest BCUT2D eigenvalue weighted by Gasteiger charge is -2.31.